The first-order valence-corrected chi connectivity index (χ1v) is 8.49. The molecule has 1 aromatic heterocycles. The Hall–Kier alpha value is -3.23. The Balaban J connectivity index is 2.15. The number of nitro benzene ring substituents is 1. The van der Waals surface area contributed by atoms with Crippen molar-refractivity contribution in [2.24, 2.45) is 0 Å². The zero-order chi connectivity index (χ0) is 20.1. The molecular weight excluding hydrogens is 352 g/mol. The predicted molar refractivity (Wildman–Crippen MR) is 97.2 cm³/mol. The summed E-state index contributed by atoms with van der Waals surface area (Å²) in [5, 5.41) is 13.5. The highest BCUT2D eigenvalue weighted by Crippen LogP contribution is 2.17. The molecule has 0 bridgehead atoms. The summed E-state index contributed by atoms with van der Waals surface area (Å²) in [5.41, 5.74) is 0.375. The minimum atomic E-state index is -0.523. The first kappa shape index (κ1) is 20.1. The van der Waals surface area contributed by atoms with Crippen molar-refractivity contribution >= 4 is 17.5 Å². The molecule has 0 atom stereocenters. The van der Waals surface area contributed by atoms with Crippen LogP contribution in [0.2, 0.25) is 0 Å². The van der Waals surface area contributed by atoms with Crippen LogP contribution in [0, 0.1) is 10.1 Å². The summed E-state index contributed by atoms with van der Waals surface area (Å²) < 4.78 is 5.33. The molecule has 2 rings (SSSR count). The van der Waals surface area contributed by atoms with Crippen molar-refractivity contribution in [2.45, 2.75) is 46.3 Å². The molecule has 0 fully saturated rings. The largest absolute Gasteiger partial charge is 0.446 e. The minimum absolute atomic E-state index is 0.0338. The number of amides is 2. The van der Waals surface area contributed by atoms with Gasteiger partial charge in [-0.1, -0.05) is 0 Å². The van der Waals surface area contributed by atoms with E-state index < -0.39 is 4.92 Å². The third-order valence-corrected chi connectivity index (χ3v) is 3.72. The molecule has 9 nitrogen and oxygen atoms in total. The van der Waals surface area contributed by atoms with Crippen LogP contribution < -0.4 is 5.32 Å². The molecule has 144 valence electrons. The Morgan fingerprint density at radius 3 is 2.37 bits per heavy atom. The van der Waals surface area contributed by atoms with Crippen LogP contribution >= 0.6 is 0 Å². The minimum Gasteiger partial charge on any atom is -0.446 e. The highest BCUT2D eigenvalue weighted by molar-refractivity contribution is 5.94. The maximum Gasteiger partial charge on any atom is 0.273 e. The SMILES string of the molecule is CC(C)NC(=O)c1coc(CN(C(=O)c2ccc([N+](=O)[O-])cc2)C(C)C)n1. The predicted octanol–water partition coefficient (Wildman–Crippen LogP) is 2.77. The van der Waals surface area contributed by atoms with Gasteiger partial charge in [0.2, 0.25) is 5.89 Å². The summed E-state index contributed by atoms with van der Waals surface area (Å²) in [6.45, 7) is 7.41. The van der Waals surface area contributed by atoms with Gasteiger partial charge >= 0.3 is 0 Å². The van der Waals surface area contributed by atoms with E-state index in [0.717, 1.165) is 0 Å². The van der Waals surface area contributed by atoms with Gasteiger partial charge in [-0.05, 0) is 39.8 Å². The smallest absolute Gasteiger partial charge is 0.273 e. The number of nitro groups is 1. The fourth-order valence-electron chi connectivity index (χ4n) is 2.35. The monoisotopic (exact) mass is 374 g/mol. The Morgan fingerprint density at radius 2 is 1.85 bits per heavy atom. The van der Waals surface area contributed by atoms with Crippen LogP contribution in [-0.4, -0.2) is 38.7 Å². The molecule has 0 unspecified atom stereocenters. The second kappa shape index (κ2) is 8.43. The van der Waals surface area contributed by atoms with Crippen molar-refractivity contribution in [3.63, 3.8) is 0 Å². The van der Waals surface area contributed by atoms with E-state index in [9.17, 15) is 19.7 Å². The fourth-order valence-corrected chi connectivity index (χ4v) is 2.35. The van der Waals surface area contributed by atoms with Crippen LogP contribution in [0.4, 0.5) is 5.69 Å². The van der Waals surface area contributed by atoms with Crippen LogP contribution in [0.3, 0.4) is 0 Å². The van der Waals surface area contributed by atoms with E-state index in [1.165, 1.54) is 35.4 Å². The lowest BCUT2D eigenvalue weighted by Gasteiger charge is -2.25. The molecule has 0 aliphatic heterocycles. The second-order valence-electron chi connectivity index (χ2n) is 6.59. The average Bonchev–Trinajstić information content (AvgIpc) is 3.07. The normalized spacial score (nSPS) is 10.9. The van der Waals surface area contributed by atoms with Crippen LogP contribution in [-0.2, 0) is 6.54 Å². The number of aromatic nitrogens is 1. The van der Waals surface area contributed by atoms with Gasteiger partial charge in [-0.15, -0.1) is 0 Å². The molecule has 0 aliphatic rings. The quantitative estimate of drug-likeness (QED) is 0.588. The van der Waals surface area contributed by atoms with Crippen molar-refractivity contribution in [1.29, 1.82) is 0 Å². The van der Waals surface area contributed by atoms with Gasteiger partial charge in [0.1, 0.15) is 6.26 Å². The van der Waals surface area contributed by atoms with E-state index in [1.54, 1.807) is 0 Å². The number of hydrogen-bond acceptors (Lipinski definition) is 6. The van der Waals surface area contributed by atoms with Crippen molar-refractivity contribution in [2.75, 3.05) is 0 Å². The second-order valence-corrected chi connectivity index (χ2v) is 6.59. The molecule has 9 heteroatoms. The van der Waals surface area contributed by atoms with Gasteiger partial charge in [-0.25, -0.2) is 4.98 Å². The number of benzene rings is 1. The van der Waals surface area contributed by atoms with E-state index >= 15 is 0 Å². The molecule has 1 heterocycles. The summed E-state index contributed by atoms with van der Waals surface area (Å²) in [6.07, 6.45) is 1.25. The van der Waals surface area contributed by atoms with E-state index in [2.05, 4.69) is 10.3 Å². The van der Waals surface area contributed by atoms with Crippen molar-refractivity contribution in [1.82, 2.24) is 15.2 Å². The summed E-state index contributed by atoms with van der Waals surface area (Å²) in [6, 6.07) is 5.18. The van der Waals surface area contributed by atoms with E-state index in [4.69, 9.17) is 4.42 Å². The van der Waals surface area contributed by atoms with E-state index in [-0.39, 0.29) is 47.7 Å². The maximum absolute atomic E-state index is 12.8. The number of nitrogens with zero attached hydrogens (tertiary/aromatic N) is 3. The van der Waals surface area contributed by atoms with Crippen molar-refractivity contribution in [3.05, 3.63) is 57.8 Å². The van der Waals surface area contributed by atoms with Crippen LogP contribution in [0.5, 0.6) is 0 Å². The van der Waals surface area contributed by atoms with Crippen LogP contribution in [0.25, 0.3) is 0 Å². The summed E-state index contributed by atoms with van der Waals surface area (Å²) >= 11 is 0. The molecule has 2 aromatic rings. The number of nitrogens with one attached hydrogen (secondary N) is 1. The molecule has 0 saturated carbocycles. The first-order chi connectivity index (χ1) is 12.7. The molecular formula is C18H22N4O5. The number of carbonyl (C=O) groups is 2. The molecule has 0 radical (unpaired) electrons. The molecule has 1 N–H and O–H groups in total. The van der Waals surface area contributed by atoms with Gasteiger partial charge in [0.05, 0.1) is 11.5 Å². The Kier molecular flexibility index (Phi) is 6.27. The molecule has 27 heavy (non-hydrogen) atoms. The van der Waals surface area contributed by atoms with Gasteiger partial charge in [0.15, 0.2) is 5.69 Å². The summed E-state index contributed by atoms with van der Waals surface area (Å²) in [4.78, 5) is 40.6. The highest BCUT2D eigenvalue weighted by atomic mass is 16.6. The number of rotatable bonds is 7. The zero-order valence-corrected chi connectivity index (χ0v) is 15.6. The molecule has 2 amide bonds. The van der Waals surface area contributed by atoms with Crippen LogP contribution in [0.1, 0.15) is 54.4 Å². The Morgan fingerprint density at radius 1 is 1.22 bits per heavy atom. The number of oxazole rings is 1. The van der Waals surface area contributed by atoms with Crippen molar-refractivity contribution < 1.29 is 18.9 Å². The Labute approximate surface area is 156 Å². The van der Waals surface area contributed by atoms with Gasteiger partial charge in [0, 0.05) is 29.8 Å². The number of hydrogen-bond donors (Lipinski definition) is 1. The topological polar surface area (TPSA) is 119 Å². The van der Waals surface area contributed by atoms with Gasteiger partial charge in [-0.2, -0.15) is 0 Å². The zero-order valence-electron chi connectivity index (χ0n) is 15.6. The lowest BCUT2D eigenvalue weighted by atomic mass is 10.1. The van der Waals surface area contributed by atoms with Crippen LogP contribution in [0.15, 0.2) is 34.9 Å². The first-order valence-electron chi connectivity index (χ1n) is 8.49. The van der Waals surface area contributed by atoms with Gasteiger partial charge < -0.3 is 14.6 Å². The highest BCUT2D eigenvalue weighted by Gasteiger charge is 2.23. The Bertz CT molecular complexity index is 827. The average molecular weight is 374 g/mol. The third-order valence-electron chi connectivity index (χ3n) is 3.72. The standard InChI is InChI=1S/C18H22N4O5/c1-11(2)19-17(23)15-10-27-16(20-15)9-21(12(3)4)18(24)13-5-7-14(8-6-13)22(25)26/h5-8,10-12H,9H2,1-4H3,(H,19,23). The van der Waals surface area contributed by atoms with Gasteiger partial charge in [-0.3, -0.25) is 19.7 Å². The number of carbonyl (C=O) groups excluding carboxylic acids is 2. The molecule has 0 spiro atoms. The summed E-state index contributed by atoms with van der Waals surface area (Å²) in [7, 11) is 0. The summed E-state index contributed by atoms with van der Waals surface area (Å²) in [5.74, 6) is -0.433. The molecule has 0 aliphatic carbocycles. The maximum atomic E-state index is 12.8. The van der Waals surface area contributed by atoms with Gasteiger partial charge in [0.25, 0.3) is 17.5 Å². The van der Waals surface area contributed by atoms with E-state index in [1.807, 2.05) is 27.7 Å². The van der Waals surface area contributed by atoms with E-state index in [0.29, 0.717) is 5.56 Å². The lowest BCUT2D eigenvalue weighted by Crippen LogP contribution is -2.36. The van der Waals surface area contributed by atoms with Crippen molar-refractivity contribution in [3.8, 4) is 0 Å². The molecule has 1 aromatic carbocycles. The molecule has 0 saturated heterocycles. The fraction of sp³-hybridized carbons (Fsp3) is 0.389. The lowest BCUT2D eigenvalue weighted by molar-refractivity contribution is -0.384. The third kappa shape index (κ3) is 5.13. The number of non-ortho nitro benzene ring substituents is 1.